The molecule has 26 heavy (non-hydrogen) atoms. The highest BCUT2D eigenvalue weighted by atomic mass is 32.2. The van der Waals surface area contributed by atoms with Crippen molar-refractivity contribution in [2.75, 3.05) is 6.54 Å². The quantitative estimate of drug-likeness (QED) is 0.865. The second kappa shape index (κ2) is 6.80. The zero-order valence-corrected chi connectivity index (χ0v) is 16.4. The smallest absolute Gasteiger partial charge is 0.240 e. The van der Waals surface area contributed by atoms with Crippen LogP contribution in [0.2, 0.25) is 0 Å². The van der Waals surface area contributed by atoms with Crippen LogP contribution in [-0.2, 0) is 28.3 Å². The zero-order valence-electron chi connectivity index (χ0n) is 15.6. The van der Waals surface area contributed by atoms with Gasteiger partial charge in [0.05, 0.1) is 10.5 Å². The molecule has 2 aromatic rings. The van der Waals surface area contributed by atoms with Crippen molar-refractivity contribution in [3.8, 4) is 0 Å². The molecule has 0 heterocycles. The van der Waals surface area contributed by atoms with Crippen molar-refractivity contribution in [1.82, 2.24) is 4.72 Å². The minimum atomic E-state index is -3.65. The van der Waals surface area contributed by atoms with E-state index in [-0.39, 0.29) is 16.9 Å². The number of rotatable bonds is 4. The lowest BCUT2D eigenvalue weighted by atomic mass is 9.80. The lowest BCUT2D eigenvalue weighted by Gasteiger charge is -2.33. The average molecular weight is 374 g/mol. The highest BCUT2D eigenvalue weighted by Gasteiger charge is 2.33. The van der Waals surface area contributed by atoms with Crippen LogP contribution in [0.25, 0.3) is 0 Å². The molecule has 0 aliphatic heterocycles. The van der Waals surface area contributed by atoms with E-state index >= 15 is 0 Å². The summed E-state index contributed by atoms with van der Waals surface area (Å²) in [5.41, 5.74) is 2.33. The van der Waals surface area contributed by atoms with E-state index in [1.807, 2.05) is 30.3 Å². The highest BCUT2D eigenvalue weighted by Crippen LogP contribution is 2.29. The number of aryl methyl sites for hydroxylation is 1. The largest absolute Gasteiger partial charge is 0.388 e. The van der Waals surface area contributed by atoms with Crippen LogP contribution in [0.15, 0.2) is 53.4 Å². The molecule has 0 bridgehead atoms. The molecule has 0 amide bonds. The first-order chi connectivity index (χ1) is 12.1. The maximum atomic E-state index is 12.6. The van der Waals surface area contributed by atoms with Crippen molar-refractivity contribution >= 4 is 10.0 Å². The Morgan fingerprint density at radius 3 is 2.27 bits per heavy atom. The van der Waals surface area contributed by atoms with Crippen LogP contribution in [0.3, 0.4) is 0 Å². The molecule has 1 unspecified atom stereocenters. The van der Waals surface area contributed by atoms with E-state index in [9.17, 15) is 13.5 Å². The molecule has 0 fully saturated rings. The number of hydrogen-bond acceptors (Lipinski definition) is 3. The van der Waals surface area contributed by atoms with Crippen molar-refractivity contribution < 1.29 is 13.5 Å². The van der Waals surface area contributed by atoms with Gasteiger partial charge in [0.1, 0.15) is 0 Å². The maximum absolute atomic E-state index is 12.6. The van der Waals surface area contributed by atoms with Crippen molar-refractivity contribution in [3.05, 3.63) is 65.2 Å². The van der Waals surface area contributed by atoms with E-state index in [2.05, 4.69) is 31.6 Å². The number of hydrogen-bond donors (Lipinski definition) is 2. The fourth-order valence-corrected chi connectivity index (χ4v) is 4.50. The van der Waals surface area contributed by atoms with Gasteiger partial charge in [0.2, 0.25) is 10.0 Å². The lowest BCUT2D eigenvalue weighted by molar-refractivity contribution is 0.0317. The first-order valence-electron chi connectivity index (χ1n) is 8.99. The van der Waals surface area contributed by atoms with Crippen LogP contribution >= 0.6 is 0 Å². The predicted octanol–water partition coefficient (Wildman–Crippen LogP) is 3.18. The summed E-state index contributed by atoms with van der Waals surface area (Å²) in [4.78, 5) is 0.227. The number of fused-ring (bicyclic) bond motifs is 1. The predicted molar refractivity (Wildman–Crippen MR) is 104 cm³/mol. The van der Waals surface area contributed by atoms with E-state index in [0.29, 0.717) is 12.8 Å². The molecule has 1 aliphatic carbocycles. The molecule has 1 atom stereocenters. The summed E-state index contributed by atoms with van der Waals surface area (Å²) in [5, 5.41) is 10.9. The van der Waals surface area contributed by atoms with Gasteiger partial charge >= 0.3 is 0 Å². The molecule has 0 saturated carbocycles. The third kappa shape index (κ3) is 4.17. The monoisotopic (exact) mass is 373 g/mol. The molecule has 0 spiro atoms. The van der Waals surface area contributed by atoms with E-state index in [0.717, 1.165) is 17.5 Å². The summed E-state index contributed by atoms with van der Waals surface area (Å²) in [5.74, 6) is 0. The van der Waals surface area contributed by atoms with Crippen LogP contribution in [0, 0.1) is 0 Å². The topological polar surface area (TPSA) is 66.4 Å². The van der Waals surface area contributed by atoms with Gasteiger partial charge in [0.15, 0.2) is 0 Å². The molecule has 0 aromatic heterocycles. The summed E-state index contributed by atoms with van der Waals surface area (Å²) in [7, 11) is -3.65. The highest BCUT2D eigenvalue weighted by molar-refractivity contribution is 7.89. The third-order valence-electron chi connectivity index (χ3n) is 5.12. The van der Waals surface area contributed by atoms with Gasteiger partial charge in [0, 0.05) is 13.0 Å². The molecule has 140 valence electrons. The molecule has 3 rings (SSSR count). The SMILES string of the molecule is CC(C)(C)c1ccc(S(=O)(=O)NCC2(O)CCc3ccccc3C2)cc1. The van der Waals surface area contributed by atoms with Gasteiger partial charge in [-0.1, -0.05) is 57.2 Å². The van der Waals surface area contributed by atoms with Crippen molar-refractivity contribution in [1.29, 1.82) is 0 Å². The summed E-state index contributed by atoms with van der Waals surface area (Å²) in [6.07, 6.45) is 1.78. The number of aliphatic hydroxyl groups is 1. The second-order valence-electron chi connectivity index (χ2n) is 8.27. The van der Waals surface area contributed by atoms with E-state index in [1.165, 1.54) is 5.56 Å². The minimum Gasteiger partial charge on any atom is -0.388 e. The molecular weight excluding hydrogens is 346 g/mol. The van der Waals surface area contributed by atoms with Crippen molar-refractivity contribution in [2.45, 2.75) is 55.9 Å². The number of benzene rings is 2. The standard InChI is InChI=1S/C21H27NO3S/c1-20(2,3)18-8-10-19(11-9-18)26(24,25)22-15-21(23)13-12-16-6-4-5-7-17(16)14-21/h4-11,22-23H,12-15H2,1-3H3. The van der Waals surface area contributed by atoms with Crippen LogP contribution in [0.5, 0.6) is 0 Å². The first-order valence-corrected chi connectivity index (χ1v) is 10.5. The molecule has 1 aliphatic rings. The Kier molecular flexibility index (Phi) is 4.99. The lowest BCUT2D eigenvalue weighted by Crippen LogP contribution is -2.46. The molecule has 0 radical (unpaired) electrons. The molecule has 0 saturated heterocycles. The Hall–Kier alpha value is -1.69. The molecule has 2 aromatic carbocycles. The van der Waals surface area contributed by atoms with Gasteiger partial charge in [-0.2, -0.15) is 0 Å². The summed E-state index contributed by atoms with van der Waals surface area (Å²) >= 11 is 0. The molecule has 2 N–H and O–H groups in total. The molecule has 4 nitrogen and oxygen atoms in total. The van der Waals surface area contributed by atoms with E-state index in [1.54, 1.807) is 12.1 Å². The van der Waals surface area contributed by atoms with Crippen molar-refractivity contribution in [3.63, 3.8) is 0 Å². The van der Waals surface area contributed by atoms with Crippen LogP contribution in [-0.4, -0.2) is 25.7 Å². The van der Waals surface area contributed by atoms with E-state index < -0.39 is 15.6 Å². The Morgan fingerprint density at radius 2 is 1.65 bits per heavy atom. The summed E-state index contributed by atoms with van der Waals surface area (Å²) < 4.78 is 27.8. The fourth-order valence-electron chi connectivity index (χ4n) is 3.38. The van der Waals surface area contributed by atoms with Gasteiger partial charge < -0.3 is 5.11 Å². The Labute approximate surface area is 156 Å². The Balaban J connectivity index is 1.71. The second-order valence-corrected chi connectivity index (χ2v) is 10.0. The minimum absolute atomic E-state index is 0.0185. The average Bonchev–Trinajstić information content (AvgIpc) is 2.59. The Morgan fingerprint density at radius 1 is 1.04 bits per heavy atom. The van der Waals surface area contributed by atoms with Gasteiger partial charge in [-0.05, 0) is 47.1 Å². The normalized spacial score (nSPS) is 20.6. The maximum Gasteiger partial charge on any atom is 0.240 e. The fraction of sp³-hybridized carbons (Fsp3) is 0.429. The molecule has 5 heteroatoms. The van der Waals surface area contributed by atoms with Crippen LogP contribution < -0.4 is 4.72 Å². The van der Waals surface area contributed by atoms with E-state index in [4.69, 9.17) is 0 Å². The van der Waals surface area contributed by atoms with Crippen LogP contribution in [0.1, 0.15) is 43.9 Å². The first kappa shape index (κ1) is 19.1. The van der Waals surface area contributed by atoms with Crippen LogP contribution in [0.4, 0.5) is 0 Å². The van der Waals surface area contributed by atoms with Gasteiger partial charge in [-0.25, -0.2) is 13.1 Å². The number of sulfonamides is 1. The van der Waals surface area contributed by atoms with Gasteiger partial charge in [-0.3, -0.25) is 0 Å². The van der Waals surface area contributed by atoms with Gasteiger partial charge in [0.25, 0.3) is 0 Å². The summed E-state index contributed by atoms with van der Waals surface area (Å²) in [6.45, 7) is 6.28. The zero-order chi connectivity index (χ0) is 19.0. The molecular formula is C21H27NO3S. The third-order valence-corrected chi connectivity index (χ3v) is 6.54. The van der Waals surface area contributed by atoms with Crippen molar-refractivity contribution in [2.24, 2.45) is 0 Å². The van der Waals surface area contributed by atoms with Gasteiger partial charge in [-0.15, -0.1) is 0 Å². The number of nitrogens with one attached hydrogen (secondary N) is 1. The summed E-state index contributed by atoms with van der Waals surface area (Å²) in [6, 6.07) is 15.0. The Bertz CT molecular complexity index is 882.